The summed E-state index contributed by atoms with van der Waals surface area (Å²) >= 11 is 0. The lowest BCUT2D eigenvalue weighted by molar-refractivity contribution is -0.129. The van der Waals surface area contributed by atoms with Gasteiger partial charge < -0.3 is 10.6 Å². The molecule has 0 aliphatic carbocycles. The van der Waals surface area contributed by atoms with Gasteiger partial charge >= 0.3 is 0 Å². The second kappa shape index (κ2) is 5.57. The van der Waals surface area contributed by atoms with Gasteiger partial charge in [0.1, 0.15) is 0 Å². The number of halogens is 1. The molecule has 2 heterocycles. The molecule has 5 heteroatoms. The number of aromatic nitrogens is 1. The van der Waals surface area contributed by atoms with Crippen LogP contribution in [0.1, 0.15) is 26.0 Å². The van der Waals surface area contributed by atoms with Crippen LogP contribution in [0.25, 0.3) is 0 Å². The largest absolute Gasteiger partial charge is 0.397 e. The van der Waals surface area contributed by atoms with Crippen LogP contribution in [-0.2, 0) is 11.2 Å². The third kappa shape index (κ3) is 3.60. The number of rotatable bonds is 2. The summed E-state index contributed by atoms with van der Waals surface area (Å²) in [7, 11) is 0. The predicted molar refractivity (Wildman–Crippen MR) is 74.6 cm³/mol. The van der Waals surface area contributed by atoms with Crippen LogP contribution >= 0.6 is 12.4 Å². The monoisotopic (exact) mass is 269 g/mol. The molecule has 1 aromatic heterocycles. The van der Waals surface area contributed by atoms with Gasteiger partial charge in [0, 0.05) is 18.8 Å². The Morgan fingerprint density at radius 1 is 1.50 bits per heavy atom. The van der Waals surface area contributed by atoms with Crippen LogP contribution < -0.4 is 5.73 Å². The zero-order chi connectivity index (χ0) is 12.5. The third-order valence-electron chi connectivity index (χ3n) is 3.21. The van der Waals surface area contributed by atoms with E-state index in [1.165, 1.54) is 0 Å². The van der Waals surface area contributed by atoms with E-state index in [1.807, 2.05) is 11.0 Å². The molecule has 1 aliphatic rings. The molecule has 0 spiro atoms. The maximum absolute atomic E-state index is 12.0. The average Bonchev–Trinajstić information content (AvgIpc) is 2.62. The Bertz CT molecular complexity index is 417. The fourth-order valence-electron chi connectivity index (χ4n) is 2.13. The smallest absolute Gasteiger partial charge is 0.228 e. The summed E-state index contributed by atoms with van der Waals surface area (Å²) in [6.45, 7) is 6.10. The molecule has 1 saturated heterocycles. The van der Waals surface area contributed by atoms with Gasteiger partial charge in [-0.25, -0.2) is 0 Å². The lowest BCUT2D eigenvalue weighted by Gasteiger charge is -2.19. The lowest BCUT2D eigenvalue weighted by atomic mass is 9.93. The van der Waals surface area contributed by atoms with Crippen molar-refractivity contribution in [1.29, 1.82) is 0 Å². The number of pyridine rings is 1. The van der Waals surface area contributed by atoms with Crippen molar-refractivity contribution in [1.82, 2.24) is 9.88 Å². The summed E-state index contributed by atoms with van der Waals surface area (Å²) in [6, 6.07) is 3.60. The predicted octanol–water partition coefficient (Wildman–Crippen LogP) is 1.89. The van der Waals surface area contributed by atoms with Crippen molar-refractivity contribution in [3.8, 4) is 0 Å². The van der Waals surface area contributed by atoms with Gasteiger partial charge in [-0.2, -0.15) is 0 Å². The number of nitrogens with zero attached hydrogens (tertiary/aromatic N) is 2. The second-order valence-electron chi connectivity index (χ2n) is 5.49. The molecule has 18 heavy (non-hydrogen) atoms. The van der Waals surface area contributed by atoms with Crippen molar-refractivity contribution in [2.45, 2.75) is 26.7 Å². The minimum absolute atomic E-state index is 0. The Balaban J connectivity index is 0.00000162. The van der Waals surface area contributed by atoms with E-state index in [1.54, 1.807) is 12.3 Å². The van der Waals surface area contributed by atoms with Crippen LogP contribution in [0.15, 0.2) is 18.3 Å². The molecular weight excluding hydrogens is 250 g/mol. The van der Waals surface area contributed by atoms with Gasteiger partial charge in [-0.15, -0.1) is 12.4 Å². The summed E-state index contributed by atoms with van der Waals surface area (Å²) in [5, 5.41) is 0. The van der Waals surface area contributed by atoms with Gasteiger partial charge in [-0.05, 0) is 24.0 Å². The highest BCUT2D eigenvalue weighted by atomic mass is 35.5. The average molecular weight is 270 g/mol. The minimum Gasteiger partial charge on any atom is -0.397 e. The molecule has 1 aromatic rings. The summed E-state index contributed by atoms with van der Waals surface area (Å²) in [4.78, 5) is 18.1. The van der Waals surface area contributed by atoms with Crippen molar-refractivity contribution >= 4 is 24.0 Å². The molecule has 0 radical (unpaired) electrons. The van der Waals surface area contributed by atoms with E-state index in [2.05, 4.69) is 18.8 Å². The van der Waals surface area contributed by atoms with Crippen LogP contribution in [-0.4, -0.2) is 28.9 Å². The molecule has 0 atom stereocenters. The Kier molecular flexibility index (Phi) is 4.57. The fraction of sp³-hybridized carbons (Fsp3) is 0.538. The Morgan fingerprint density at radius 2 is 2.22 bits per heavy atom. The molecule has 0 aromatic carbocycles. The molecule has 1 amide bonds. The highest BCUT2D eigenvalue weighted by Gasteiger charge is 2.31. The molecule has 0 unspecified atom stereocenters. The molecule has 0 saturated carbocycles. The second-order valence-corrected chi connectivity index (χ2v) is 5.49. The van der Waals surface area contributed by atoms with E-state index in [-0.39, 0.29) is 23.7 Å². The summed E-state index contributed by atoms with van der Waals surface area (Å²) in [6.07, 6.45) is 3.04. The molecule has 100 valence electrons. The fourth-order valence-corrected chi connectivity index (χ4v) is 2.13. The summed E-state index contributed by atoms with van der Waals surface area (Å²) in [5.74, 6) is 0.160. The first-order valence-corrected chi connectivity index (χ1v) is 5.94. The molecule has 2 N–H and O–H groups in total. The van der Waals surface area contributed by atoms with Crippen LogP contribution in [0.2, 0.25) is 0 Å². The van der Waals surface area contributed by atoms with Gasteiger partial charge in [0.25, 0.3) is 0 Å². The number of hydrogen-bond acceptors (Lipinski definition) is 3. The van der Waals surface area contributed by atoms with Crippen LogP contribution in [0.4, 0.5) is 5.69 Å². The van der Waals surface area contributed by atoms with Crippen LogP contribution in [0.5, 0.6) is 0 Å². The topological polar surface area (TPSA) is 59.2 Å². The van der Waals surface area contributed by atoms with Crippen LogP contribution in [0, 0.1) is 5.41 Å². The highest BCUT2D eigenvalue weighted by Crippen LogP contribution is 2.28. The number of anilines is 1. The normalized spacial score (nSPS) is 17.3. The van der Waals surface area contributed by atoms with E-state index < -0.39 is 0 Å². The van der Waals surface area contributed by atoms with Gasteiger partial charge in [0.05, 0.1) is 18.3 Å². The Hall–Kier alpha value is -1.29. The summed E-state index contributed by atoms with van der Waals surface area (Å²) < 4.78 is 0. The van der Waals surface area contributed by atoms with E-state index >= 15 is 0 Å². The van der Waals surface area contributed by atoms with Crippen molar-refractivity contribution in [3.63, 3.8) is 0 Å². The number of nitrogen functional groups attached to an aromatic ring is 1. The quantitative estimate of drug-likeness (QED) is 0.892. The van der Waals surface area contributed by atoms with Crippen molar-refractivity contribution in [3.05, 3.63) is 24.0 Å². The maximum Gasteiger partial charge on any atom is 0.228 e. The molecule has 1 fully saturated rings. The first-order chi connectivity index (χ1) is 7.96. The standard InChI is InChI=1S/C13H19N3O.ClH/c1-13(2)5-6-16(9-13)12(17)7-11-4-3-10(14)8-15-11;/h3-4,8H,5-7,9,14H2,1-2H3;1H. The molecule has 2 rings (SSSR count). The maximum atomic E-state index is 12.0. The zero-order valence-corrected chi connectivity index (χ0v) is 11.7. The highest BCUT2D eigenvalue weighted by molar-refractivity contribution is 5.85. The van der Waals surface area contributed by atoms with Gasteiger partial charge in [-0.1, -0.05) is 13.8 Å². The SMILES string of the molecule is CC1(C)CCN(C(=O)Cc2ccc(N)cn2)C1.Cl. The lowest BCUT2D eigenvalue weighted by Crippen LogP contribution is -2.31. The van der Waals surface area contributed by atoms with E-state index in [4.69, 9.17) is 5.73 Å². The third-order valence-corrected chi connectivity index (χ3v) is 3.21. The number of likely N-dealkylation sites (tertiary alicyclic amines) is 1. The summed E-state index contributed by atoms with van der Waals surface area (Å²) in [5.41, 5.74) is 7.23. The molecular formula is C13H20ClN3O. The van der Waals surface area contributed by atoms with Crippen LogP contribution in [0.3, 0.4) is 0 Å². The number of hydrogen-bond donors (Lipinski definition) is 1. The zero-order valence-electron chi connectivity index (χ0n) is 10.8. The van der Waals surface area contributed by atoms with E-state index in [0.29, 0.717) is 12.1 Å². The number of amides is 1. The van der Waals surface area contributed by atoms with Gasteiger partial charge in [0.15, 0.2) is 0 Å². The number of carbonyl (C=O) groups is 1. The number of nitrogens with two attached hydrogens (primary N) is 1. The minimum atomic E-state index is 0. The first kappa shape index (κ1) is 14.8. The molecule has 4 nitrogen and oxygen atoms in total. The first-order valence-electron chi connectivity index (χ1n) is 5.94. The Morgan fingerprint density at radius 3 is 2.72 bits per heavy atom. The molecule has 1 aliphatic heterocycles. The van der Waals surface area contributed by atoms with Gasteiger partial charge in [-0.3, -0.25) is 9.78 Å². The van der Waals surface area contributed by atoms with Crippen molar-refractivity contribution in [2.75, 3.05) is 18.8 Å². The van der Waals surface area contributed by atoms with E-state index in [9.17, 15) is 4.79 Å². The molecule has 0 bridgehead atoms. The number of carbonyl (C=O) groups excluding carboxylic acids is 1. The van der Waals surface area contributed by atoms with Crippen molar-refractivity contribution in [2.24, 2.45) is 5.41 Å². The Labute approximate surface area is 114 Å². The van der Waals surface area contributed by atoms with E-state index in [0.717, 1.165) is 25.2 Å². The van der Waals surface area contributed by atoms with Crippen molar-refractivity contribution < 1.29 is 4.79 Å². The van der Waals surface area contributed by atoms with Gasteiger partial charge in [0.2, 0.25) is 5.91 Å².